The van der Waals surface area contributed by atoms with E-state index in [0.717, 1.165) is 0 Å². The van der Waals surface area contributed by atoms with Gasteiger partial charge in [-0.25, -0.2) is 8.42 Å². The van der Waals surface area contributed by atoms with Crippen molar-refractivity contribution in [1.82, 2.24) is 0 Å². The van der Waals surface area contributed by atoms with Gasteiger partial charge in [-0.1, -0.05) is 0 Å². The van der Waals surface area contributed by atoms with E-state index in [9.17, 15) is 13.2 Å². The van der Waals surface area contributed by atoms with Crippen LogP contribution in [0.15, 0.2) is 42.5 Å². The molecule has 138 valence electrons. The van der Waals surface area contributed by atoms with E-state index in [-0.39, 0.29) is 11.7 Å². The van der Waals surface area contributed by atoms with Crippen molar-refractivity contribution in [3.05, 3.63) is 48.0 Å². The van der Waals surface area contributed by atoms with Crippen molar-refractivity contribution in [2.75, 3.05) is 36.1 Å². The number of anilines is 2. The van der Waals surface area contributed by atoms with Crippen LogP contribution in [0.3, 0.4) is 0 Å². The second-order valence-corrected chi connectivity index (χ2v) is 7.82. The number of benzene rings is 2. The van der Waals surface area contributed by atoms with Gasteiger partial charge in [0, 0.05) is 12.1 Å². The highest BCUT2D eigenvalue weighted by Crippen LogP contribution is 2.33. The molecule has 1 heterocycles. The maximum absolute atomic E-state index is 12.5. The molecule has 0 atom stereocenters. The molecule has 1 amide bonds. The molecule has 7 nitrogen and oxygen atoms in total. The Balaban J connectivity index is 1.88. The minimum atomic E-state index is -3.30. The zero-order valence-corrected chi connectivity index (χ0v) is 15.4. The Morgan fingerprint density at radius 1 is 1.08 bits per heavy atom. The van der Waals surface area contributed by atoms with E-state index in [1.165, 1.54) is 11.4 Å². The van der Waals surface area contributed by atoms with E-state index >= 15 is 0 Å². The van der Waals surface area contributed by atoms with Gasteiger partial charge in [0.25, 0.3) is 5.91 Å². The van der Waals surface area contributed by atoms with E-state index in [2.05, 4.69) is 5.32 Å². The molecule has 0 aromatic heterocycles. The third kappa shape index (κ3) is 3.60. The lowest BCUT2D eigenvalue weighted by Crippen LogP contribution is -2.25. The molecule has 2 aromatic rings. The maximum Gasteiger partial charge on any atom is 0.255 e. The smallest absolute Gasteiger partial charge is 0.255 e. The maximum atomic E-state index is 12.5. The molecular weight excluding hydrogens is 356 g/mol. The number of hydrogen-bond acceptors (Lipinski definition) is 5. The molecule has 0 bridgehead atoms. The highest BCUT2D eigenvalue weighted by molar-refractivity contribution is 7.93. The Kier molecular flexibility index (Phi) is 5.03. The third-order valence-electron chi connectivity index (χ3n) is 4.17. The number of rotatable bonds is 5. The van der Waals surface area contributed by atoms with E-state index in [1.807, 2.05) is 0 Å². The van der Waals surface area contributed by atoms with E-state index < -0.39 is 10.0 Å². The lowest BCUT2D eigenvalue weighted by molar-refractivity contribution is 0.102. The van der Waals surface area contributed by atoms with Crippen LogP contribution >= 0.6 is 0 Å². The first-order valence-corrected chi connectivity index (χ1v) is 9.69. The molecule has 26 heavy (non-hydrogen) atoms. The molecule has 1 fully saturated rings. The molecule has 3 rings (SSSR count). The second kappa shape index (κ2) is 7.25. The van der Waals surface area contributed by atoms with Crippen LogP contribution in [0, 0.1) is 0 Å². The molecule has 1 aliphatic rings. The highest BCUT2D eigenvalue weighted by Gasteiger charge is 2.29. The van der Waals surface area contributed by atoms with Crippen molar-refractivity contribution in [3.63, 3.8) is 0 Å². The fraction of sp³-hybridized carbons (Fsp3) is 0.278. The Bertz CT molecular complexity index is 910. The van der Waals surface area contributed by atoms with Crippen LogP contribution in [-0.2, 0) is 10.0 Å². The van der Waals surface area contributed by atoms with Crippen molar-refractivity contribution in [3.8, 4) is 11.5 Å². The normalized spacial score (nSPS) is 15.5. The summed E-state index contributed by atoms with van der Waals surface area (Å²) in [4.78, 5) is 12.5. The van der Waals surface area contributed by atoms with Gasteiger partial charge in [0.1, 0.15) is 11.5 Å². The SMILES string of the molecule is COc1ccc(C(=O)Nc2cc(N3CCCS3(=O)=O)ccc2OC)cc1. The number of hydrogen-bond donors (Lipinski definition) is 1. The van der Waals surface area contributed by atoms with Crippen LogP contribution in [0.5, 0.6) is 11.5 Å². The summed E-state index contributed by atoms with van der Waals surface area (Å²) >= 11 is 0. The van der Waals surface area contributed by atoms with Gasteiger partial charge in [-0.3, -0.25) is 9.10 Å². The van der Waals surface area contributed by atoms with Crippen LogP contribution in [0.4, 0.5) is 11.4 Å². The van der Waals surface area contributed by atoms with Crippen molar-refractivity contribution in [1.29, 1.82) is 0 Å². The summed E-state index contributed by atoms with van der Waals surface area (Å²) in [5.74, 6) is 0.909. The van der Waals surface area contributed by atoms with E-state index in [4.69, 9.17) is 9.47 Å². The summed E-state index contributed by atoms with van der Waals surface area (Å²) in [5, 5.41) is 2.78. The van der Waals surface area contributed by atoms with Crippen molar-refractivity contribution in [2.24, 2.45) is 0 Å². The number of ether oxygens (including phenoxy) is 2. The third-order valence-corrected chi connectivity index (χ3v) is 6.04. The standard InChI is InChI=1S/C18H20N2O5S/c1-24-15-7-4-13(5-8-15)18(21)19-16-12-14(6-9-17(16)25-2)20-10-3-11-26(20,22)23/h4-9,12H,3,10-11H2,1-2H3,(H,19,21). The molecule has 1 saturated heterocycles. The summed E-state index contributed by atoms with van der Waals surface area (Å²) in [6.45, 7) is 0.431. The first kappa shape index (κ1) is 18.1. The lowest BCUT2D eigenvalue weighted by Gasteiger charge is -2.19. The van der Waals surface area contributed by atoms with Crippen LogP contribution in [0.2, 0.25) is 0 Å². The van der Waals surface area contributed by atoms with Gasteiger partial charge < -0.3 is 14.8 Å². The minimum Gasteiger partial charge on any atom is -0.497 e. The van der Waals surface area contributed by atoms with Gasteiger partial charge in [-0.15, -0.1) is 0 Å². The number of methoxy groups -OCH3 is 2. The van der Waals surface area contributed by atoms with Crippen molar-refractivity contribution < 1.29 is 22.7 Å². The first-order valence-electron chi connectivity index (χ1n) is 8.08. The molecule has 1 N–H and O–H groups in total. The summed E-state index contributed by atoms with van der Waals surface area (Å²) in [6.07, 6.45) is 0.585. The predicted octanol–water partition coefficient (Wildman–Crippen LogP) is 2.50. The molecule has 0 aliphatic carbocycles. The lowest BCUT2D eigenvalue weighted by atomic mass is 10.2. The molecule has 0 unspecified atom stereocenters. The quantitative estimate of drug-likeness (QED) is 0.867. The van der Waals surface area contributed by atoms with Crippen LogP contribution < -0.4 is 19.1 Å². The number of carbonyl (C=O) groups excluding carboxylic acids is 1. The average Bonchev–Trinajstić information content (AvgIpc) is 3.00. The highest BCUT2D eigenvalue weighted by atomic mass is 32.2. The van der Waals surface area contributed by atoms with E-state index in [0.29, 0.717) is 41.4 Å². The number of amides is 1. The molecule has 2 aromatic carbocycles. The van der Waals surface area contributed by atoms with Gasteiger partial charge in [0.05, 0.1) is 31.3 Å². The van der Waals surface area contributed by atoms with Crippen LogP contribution in [0.1, 0.15) is 16.8 Å². The Morgan fingerprint density at radius 3 is 2.38 bits per heavy atom. The van der Waals surface area contributed by atoms with Gasteiger partial charge in [0.2, 0.25) is 10.0 Å². The molecule has 8 heteroatoms. The zero-order chi connectivity index (χ0) is 18.7. The summed E-state index contributed by atoms with van der Waals surface area (Å²) in [7, 11) is -0.255. The molecule has 0 saturated carbocycles. The number of carbonyl (C=O) groups is 1. The predicted molar refractivity (Wildman–Crippen MR) is 99.7 cm³/mol. The topological polar surface area (TPSA) is 84.9 Å². The van der Waals surface area contributed by atoms with E-state index in [1.54, 1.807) is 49.6 Å². The summed E-state index contributed by atoms with van der Waals surface area (Å²) < 4.78 is 36.0. The Hall–Kier alpha value is -2.74. The second-order valence-electron chi connectivity index (χ2n) is 5.81. The first-order chi connectivity index (χ1) is 12.4. The fourth-order valence-corrected chi connectivity index (χ4v) is 4.37. The molecule has 1 aliphatic heterocycles. The largest absolute Gasteiger partial charge is 0.497 e. The number of sulfonamides is 1. The van der Waals surface area contributed by atoms with Gasteiger partial charge in [0.15, 0.2) is 0 Å². The summed E-state index contributed by atoms with van der Waals surface area (Å²) in [5.41, 5.74) is 1.37. The van der Waals surface area contributed by atoms with Crippen LogP contribution in [0.25, 0.3) is 0 Å². The minimum absolute atomic E-state index is 0.132. The van der Waals surface area contributed by atoms with Gasteiger partial charge in [-0.2, -0.15) is 0 Å². The van der Waals surface area contributed by atoms with Crippen molar-refractivity contribution in [2.45, 2.75) is 6.42 Å². The molecular formula is C18H20N2O5S. The molecule has 0 radical (unpaired) electrons. The fourth-order valence-electron chi connectivity index (χ4n) is 2.82. The summed E-state index contributed by atoms with van der Waals surface area (Å²) in [6, 6.07) is 11.6. The van der Waals surface area contributed by atoms with Gasteiger partial charge >= 0.3 is 0 Å². The number of nitrogens with one attached hydrogen (secondary N) is 1. The van der Waals surface area contributed by atoms with Crippen molar-refractivity contribution >= 4 is 27.3 Å². The Labute approximate surface area is 152 Å². The molecule has 0 spiro atoms. The van der Waals surface area contributed by atoms with Gasteiger partial charge in [-0.05, 0) is 48.9 Å². The Morgan fingerprint density at radius 2 is 1.81 bits per heavy atom. The number of nitrogens with zero attached hydrogens (tertiary/aromatic N) is 1. The monoisotopic (exact) mass is 376 g/mol. The zero-order valence-electron chi connectivity index (χ0n) is 14.6. The average molecular weight is 376 g/mol. The van der Waals surface area contributed by atoms with Crippen LogP contribution in [-0.4, -0.2) is 40.8 Å².